The largest absolute Gasteiger partial charge is 0.214 e. The topological polar surface area (TPSA) is 37.4 Å². The molecular weight excluding hydrogens is 314 g/mol. The predicted molar refractivity (Wildman–Crippen MR) is 80.6 cm³/mol. The minimum absolute atomic E-state index is 0.0815. The van der Waals surface area contributed by atoms with E-state index in [4.69, 9.17) is 0 Å². The van der Waals surface area contributed by atoms with Gasteiger partial charge >= 0.3 is 0 Å². The van der Waals surface area contributed by atoms with Gasteiger partial charge < -0.3 is 0 Å². The Morgan fingerprint density at radius 2 is 2.00 bits per heavy atom. The molecule has 18 heavy (non-hydrogen) atoms. The van der Waals surface area contributed by atoms with Crippen molar-refractivity contribution in [3.05, 3.63) is 0 Å². The van der Waals surface area contributed by atoms with E-state index in [0.717, 1.165) is 44.0 Å². The molecule has 0 aromatic carbocycles. The highest BCUT2D eigenvalue weighted by Gasteiger charge is 2.33. The van der Waals surface area contributed by atoms with Crippen LogP contribution in [0.5, 0.6) is 0 Å². The summed E-state index contributed by atoms with van der Waals surface area (Å²) in [6, 6.07) is 0.243. The molecule has 0 aliphatic carbocycles. The Labute approximate surface area is 121 Å². The summed E-state index contributed by atoms with van der Waals surface area (Å²) >= 11 is 3.42. The van der Waals surface area contributed by atoms with Crippen LogP contribution in [0, 0.1) is 5.41 Å². The van der Waals surface area contributed by atoms with Crippen molar-refractivity contribution in [3.8, 4) is 0 Å². The molecular formula is C13H26BrNO2S. The number of sulfonamides is 1. The van der Waals surface area contributed by atoms with Crippen molar-refractivity contribution >= 4 is 26.0 Å². The van der Waals surface area contributed by atoms with Crippen LogP contribution in [0.25, 0.3) is 0 Å². The van der Waals surface area contributed by atoms with Gasteiger partial charge in [-0.2, -0.15) is 4.31 Å². The van der Waals surface area contributed by atoms with Crippen molar-refractivity contribution in [2.45, 2.75) is 58.9 Å². The average Bonchev–Trinajstić information content (AvgIpc) is 2.72. The lowest BCUT2D eigenvalue weighted by Crippen LogP contribution is -2.37. The molecule has 0 aromatic rings. The Morgan fingerprint density at radius 1 is 1.33 bits per heavy atom. The fraction of sp³-hybridized carbons (Fsp3) is 1.00. The fourth-order valence-electron chi connectivity index (χ4n) is 2.33. The SMILES string of the molecule is CC(C)(C)CCS(=O)(=O)N1CCCC1CCCBr. The van der Waals surface area contributed by atoms with Gasteiger partial charge in [-0.3, -0.25) is 0 Å². The van der Waals surface area contributed by atoms with Gasteiger partial charge in [0.15, 0.2) is 0 Å². The van der Waals surface area contributed by atoms with Gasteiger partial charge in [0.1, 0.15) is 0 Å². The second-order valence-corrected chi connectivity index (χ2v) is 9.20. The maximum atomic E-state index is 12.4. The molecule has 1 rings (SSSR count). The number of alkyl halides is 1. The molecule has 1 atom stereocenters. The average molecular weight is 340 g/mol. The van der Waals surface area contributed by atoms with Gasteiger partial charge in [0.05, 0.1) is 5.75 Å². The zero-order valence-corrected chi connectivity index (χ0v) is 14.2. The first kappa shape index (κ1) is 16.4. The number of rotatable bonds is 6. The first-order valence-electron chi connectivity index (χ1n) is 6.82. The van der Waals surface area contributed by atoms with E-state index < -0.39 is 10.0 Å². The predicted octanol–water partition coefficient (Wildman–Crippen LogP) is 3.39. The van der Waals surface area contributed by atoms with Gasteiger partial charge in [-0.15, -0.1) is 0 Å². The van der Waals surface area contributed by atoms with Crippen LogP contribution >= 0.6 is 15.9 Å². The van der Waals surface area contributed by atoms with E-state index in [1.807, 2.05) is 0 Å². The zero-order chi connectivity index (χ0) is 13.8. The normalized spacial score (nSPS) is 22.6. The first-order valence-corrected chi connectivity index (χ1v) is 9.55. The molecule has 0 radical (unpaired) electrons. The third-order valence-electron chi connectivity index (χ3n) is 3.46. The van der Waals surface area contributed by atoms with Crippen molar-refractivity contribution < 1.29 is 8.42 Å². The molecule has 108 valence electrons. The van der Waals surface area contributed by atoms with E-state index in [1.54, 1.807) is 4.31 Å². The maximum absolute atomic E-state index is 12.4. The van der Waals surface area contributed by atoms with Crippen LogP contribution < -0.4 is 0 Å². The molecule has 0 spiro atoms. The van der Waals surface area contributed by atoms with Crippen LogP contribution in [-0.4, -0.2) is 36.4 Å². The van der Waals surface area contributed by atoms with Crippen LogP contribution in [-0.2, 0) is 10.0 Å². The molecule has 3 nitrogen and oxygen atoms in total. The number of hydrogen-bond acceptors (Lipinski definition) is 2. The van der Waals surface area contributed by atoms with Gasteiger partial charge in [-0.1, -0.05) is 36.7 Å². The molecule has 1 unspecified atom stereocenters. The van der Waals surface area contributed by atoms with E-state index in [0.29, 0.717) is 5.75 Å². The second-order valence-electron chi connectivity index (χ2n) is 6.36. The van der Waals surface area contributed by atoms with Gasteiger partial charge in [0, 0.05) is 17.9 Å². The van der Waals surface area contributed by atoms with E-state index in [2.05, 4.69) is 36.7 Å². The number of halogens is 1. The monoisotopic (exact) mass is 339 g/mol. The molecule has 1 aliphatic heterocycles. The summed E-state index contributed by atoms with van der Waals surface area (Å²) in [4.78, 5) is 0. The molecule has 1 fully saturated rings. The second kappa shape index (κ2) is 6.71. The van der Waals surface area contributed by atoms with Crippen LogP contribution in [0.3, 0.4) is 0 Å². The summed E-state index contributed by atoms with van der Waals surface area (Å²) in [7, 11) is -3.05. The molecule has 0 bridgehead atoms. The van der Waals surface area contributed by atoms with Crippen LogP contribution in [0.1, 0.15) is 52.9 Å². The van der Waals surface area contributed by atoms with Gasteiger partial charge in [-0.05, 0) is 37.5 Å². The minimum atomic E-state index is -3.05. The Morgan fingerprint density at radius 3 is 2.56 bits per heavy atom. The van der Waals surface area contributed by atoms with Crippen LogP contribution in [0.15, 0.2) is 0 Å². The highest BCUT2D eigenvalue weighted by atomic mass is 79.9. The van der Waals surface area contributed by atoms with E-state index in [1.165, 1.54) is 0 Å². The van der Waals surface area contributed by atoms with Gasteiger partial charge in [0.25, 0.3) is 0 Å². The third kappa shape index (κ3) is 5.17. The zero-order valence-electron chi connectivity index (χ0n) is 11.8. The highest BCUT2D eigenvalue weighted by molar-refractivity contribution is 9.09. The Kier molecular flexibility index (Phi) is 6.13. The molecule has 1 saturated heterocycles. The van der Waals surface area contributed by atoms with E-state index >= 15 is 0 Å². The Bertz CT molecular complexity index is 348. The Balaban J connectivity index is 2.60. The van der Waals surface area contributed by atoms with Crippen LogP contribution in [0.2, 0.25) is 0 Å². The van der Waals surface area contributed by atoms with Gasteiger partial charge in [-0.25, -0.2) is 8.42 Å². The molecule has 5 heteroatoms. The van der Waals surface area contributed by atoms with Crippen molar-refractivity contribution in [3.63, 3.8) is 0 Å². The van der Waals surface area contributed by atoms with Crippen molar-refractivity contribution in [1.82, 2.24) is 4.31 Å². The quantitative estimate of drug-likeness (QED) is 0.695. The third-order valence-corrected chi connectivity index (χ3v) is 5.94. The highest BCUT2D eigenvalue weighted by Crippen LogP contribution is 2.27. The van der Waals surface area contributed by atoms with E-state index in [-0.39, 0.29) is 11.5 Å². The molecule has 1 aliphatic rings. The number of nitrogens with zero attached hydrogens (tertiary/aromatic N) is 1. The van der Waals surface area contributed by atoms with Gasteiger partial charge in [0.2, 0.25) is 10.0 Å². The summed E-state index contributed by atoms with van der Waals surface area (Å²) in [5, 5.41) is 0.958. The lowest BCUT2D eigenvalue weighted by atomic mass is 9.94. The standard InChI is InChI=1S/C13H26BrNO2S/c1-13(2,3)8-11-18(16,17)15-10-5-7-12(15)6-4-9-14/h12H,4-11H2,1-3H3. The first-order chi connectivity index (χ1) is 8.26. The molecule has 0 aromatic heterocycles. The summed E-state index contributed by atoms with van der Waals surface area (Å²) in [6.07, 6.45) is 4.82. The Hall–Kier alpha value is 0.390. The smallest absolute Gasteiger partial charge is 0.212 e. The lowest BCUT2D eigenvalue weighted by molar-refractivity contribution is 0.355. The van der Waals surface area contributed by atoms with Crippen LogP contribution in [0.4, 0.5) is 0 Å². The molecule has 1 heterocycles. The van der Waals surface area contributed by atoms with Crippen molar-refractivity contribution in [2.75, 3.05) is 17.6 Å². The maximum Gasteiger partial charge on any atom is 0.214 e. The molecule has 0 amide bonds. The lowest BCUT2D eigenvalue weighted by Gasteiger charge is -2.26. The molecule has 0 N–H and O–H groups in total. The summed E-state index contributed by atoms with van der Waals surface area (Å²) in [6.45, 7) is 7.00. The van der Waals surface area contributed by atoms with E-state index in [9.17, 15) is 8.42 Å². The summed E-state index contributed by atoms with van der Waals surface area (Å²) in [5.41, 5.74) is 0.0815. The van der Waals surface area contributed by atoms with Crippen molar-refractivity contribution in [1.29, 1.82) is 0 Å². The summed E-state index contributed by atoms with van der Waals surface area (Å²) < 4.78 is 26.5. The summed E-state index contributed by atoms with van der Waals surface area (Å²) in [5.74, 6) is 0.293. The molecule has 0 saturated carbocycles. The minimum Gasteiger partial charge on any atom is -0.212 e. The number of hydrogen-bond donors (Lipinski definition) is 0. The van der Waals surface area contributed by atoms with Crippen molar-refractivity contribution in [2.24, 2.45) is 5.41 Å². The fourth-order valence-corrected chi connectivity index (χ4v) is 4.83.